The Kier molecular flexibility index (Phi) is 10.6. The summed E-state index contributed by atoms with van der Waals surface area (Å²) in [5.41, 5.74) is 4.62. The molecule has 11 nitrogen and oxygen atoms in total. The Bertz CT molecular complexity index is 1960. The summed E-state index contributed by atoms with van der Waals surface area (Å²) < 4.78 is 18.8. The average Bonchev–Trinajstić information content (AvgIpc) is 3.90. The first kappa shape index (κ1) is 33.7. The second-order valence-electron chi connectivity index (χ2n) is 11.2. The Balaban J connectivity index is 1.24. The average molecular weight is 697 g/mol. The highest BCUT2D eigenvalue weighted by molar-refractivity contribution is 7.99. The molecule has 1 atom stereocenters. The number of benzene rings is 3. The number of hydrogen-bond donors (Lipinski definition) is 1. The Morgan fingerprint density at radius 2 is 1.78 bits per heavy atom. The number of hydrogen-bond acceptors (Lipinski definition) is 10. The van der Waals surface area contributed by atoms with E-state index in [0.717, 1.165) is 33.0 Å². The molecule has 1 N–H and O–H groups in total. The molecule has 2 amide bonds. The number of carbonyl (C=O) groups is 2. The van der Waals surface area contributed by atoms with Gasteiger partial charge >= 0.3 is 0 Å². The first-order valence-electron chi connectivity index (χ1n) is 15.6. The van der Waals surface area contributed by atoms with E-state index in [1.54, 1.807) is 42.7 Å². The van der Waals surface area contributed by atoms with Crippen LogP contribution in [0.15, 0.2) is 94.5 Å². The second-order valence-corrected chi connectivity index (χ2v) is 13.1. The van der Waals surface area contributed by atoms with Crippen molar-refractivity contribution < 1.29 is 23.8 Å². The van der Waals surface area contributed by atoms with E-state index in [-0.39, 0.29) is 30.7 Å². The lowest BCUT2D eigenvalue weighted by Gasteiger charge is -2.24. The molecule has 0 spiro atoms. The number of thioether (sulfide) groups is 1. The van der Waals surface area contributed by atoms with Crippen molar-refractivity contribution in [2.24, 2.45) is 5.10 Å². The largest absolute Gasteiger partial charge is 0.493 e. The van der Waals surface area contributed by atoms with Crippen molar-refractivity contribution in [1.29, 1.82) is 0 Å². The van der Waals surface area contributed by atoms with Crippen LogP contribution in [0.1, 0.15) is 39.9 Å². The van der Waals surface area contributed by atoms with Crippen molar-refractivity contribution in [1.82, 2.24) is 25.1 Å². The SMILES string of the molecule is COc1cccc([C@H]2CC(c3cccs3)=NN2C(=O)CSc2nnc(CNC(=O)COc3ccccc3)n2-c2cccc(C)c2C)c1OC. The van der Waals surface area contributed by atoms with Crippen LogP contribution < -0.4 is 19.5 Å². The Morgan fingerprint density at radius 3 is 2.53 bits per heavy atom. The minimum Gasteiger partial charge on any atom is -0.493 e. The van der Waals surface area contributed by atoms with Crippen LogP contribution in [-0.4, -0.2) is 63.9 Å². The van der Waals surface area contributed by atoms with Gasteiger partial charge in [0.2, 0.25) is 0 Å². The molecule has 5 aromatic rings. The number of aryl methyl sites for hydroxylation is 1. The summed E-state index contributed by atoms with van der Waals surface area (Å²) >= 11 is 2.85. The minimum atomic E-state index is -0.393. The lowest BCUT2D eigenvalue weighted by atomic mass is 9.99. The van der Waals surface area contributed by atoms with Crippen molar-refractivity contribution in [2.45, 2.75) is 38.0 Å². The van der Waals surface area contributed by atoms with Crippen LogP contribution in [0.5, 0.6) is 17.2 Å². The van der Waals surface area contributed by atoms with Gasteiger partial charge < -0.3 is 19.5 Å². The molecule has 3 heterocycles. The third-order valence-electron chi connectivity index (χ3n) is 8.16. The van der Waals surface area contributed by atoms with Crippen LogP contribution in [0.4, 0.5) is 0 Å². The van der Waals surface area contributed by atoms with Crippen LogP contribution >= 0.6 is 23.1 Å². The van der Waals surface area contributed by atoms with Gasteiger partial charge in [-0.15, -0.1) is 21.5 Å². The Labute approximate surface area is 292 Å². The second kappa shape index (κ2) is 15.4. The van der Waals surface area contributed by atoms with Crippen LogP contribution in [0, 0.1) is 13.8 Å². The summed E-state index contributed by atoms with van der Waals surface area (Å²) in [5.74, 6) is 1.83. The van der Waals surface area contributed by atoms with E-state index in [0.29, 0.717) is 34.7 Å². The maximum atomic E-state index is 14.1. The lowest BCUT2D eigenvalue weighted by Crippen LogP contribution is -2.30. The molecular weight excluding hydrogens is 661 g/mol. The fraction of sp³-hybridized carbons (Fsp3) is 0.250. The monoisotopic (exact) mass is 696 g/mol. The molecular formula is C36H36N6O5S2. The number of hydrazone groups is 1. The van der Waals surface area contributed by atoms with Gasteiger partial charge in [0.15, 0.2) is 29.1 Å². The highest BCUT2D eigenvalue weighted by atomic mass is 32.2. The van der Waals surface area contributed by atoms with Gasteiger partial charge in [0.25, 0.3) is 11.8 Å². The van der Waals surface area contributed by atoms with Gasteiger partial charge in [-0.05, 0) is 60.7 Å². The third-order valence-corrected chi connectivity index (χ3v) is 10.00. The van der Waals surface area contributed by atoms with Gasteiger partial charge in [-0.2, -0.15) is 5.10 Å². The fourth-order valence-electron chi connectivity index (χ4n) is 5.56. The quantitative estimate of drug-likeness (QED) is 0.146. The number of nitrogens with zero attached hydrogens (tertiary/aromatic N) is 5. The predicted octanol–water partition coefficient (Wildman–Crippen LogP) is 6.13. The molecule has 6 rings (SSSR count). The third kappa shape index (κ3) is 7.47. The molecule has 0 bridgehead atoms. The predicted molar refractivity (Wildman–Crippen MR) is 190 cm³/mol. The van der Waals surface area contributed by atoms with Crippen LogP contribution in [0.25, 0.3) is 5.69 Å². The van der Waals surface area contributed by atoms with Gasteiger partial charge in [-0.1, -0.05) is 60.3 Å². The maximum Gasteiger partial charge on any atom is 0.258 e. The molecule has 0 fully saturated rings. The summed E-state index contributed by atoms with van der Waals surface area (Å²) in [6.45, 7) is 4.04. The number of nitrogens with one attached hydrogen (secondary N) is 1. The van der Waals surface area contributed by atoms with E-state index >= 15 is 0 Å². The Hall–Kier alpha value is -5.14. The highest BCUT2D eigenvalue weighted by Gasteiger charge is 2.36. The molecule has 2 aromatic heterocycles. The van der Waals surface area contributed by atoms with Crippen LogP contribution in [0.3, 0.4) is 0 Å². The van der Waals surface area contributed by atoms with E-state index in [2.05, 4.69) is 15.5 Å². The topological polar surface area (TPSA) is 120 Å². The zero-order valence-corrected chi connectivity index (χ0v) is 29.2. The van der Waals surface area contributed by atoms with Gasteiger partial charge in [0.1, 0.15) is 5.75 Å². The van der Waals surface area contributed by atoms with Crippen molar-refractivity contribution in [3.8, 4) is 22.9 Å². The summed E-state index contributed by atoms with van der Waals surface area (Å²) in [4.78, 5) is 27.8. The minimum absolute atomic E-state index is 0.0459. The lowest BCUT2D eigenvalue weighted by molar-refractivity contribution is -0.130. The molecule has 13 heteroatoms. The first-order valence-corrected chi connectivity index (χ1v) is 17.5. The van der Waals surface area contributed by atoms with Crippen LogP contribution in [-0.2, 0) is 16.1 Å². The fourth-order valence-corrected chi connectivity index (χ4v) is 7.10. The van der Waals surface area contributed by atoms with Gasteiger partial charge in [0, 0.05) is 12.0 Å². The molecule has 0 aliphatic carbocycles. The summed E-state index contributed by atoms with van der Waals surface area (Å²) in [7, 11) is 3.18. The summed E-state index contributed by atoms with van der Waals surface area (Å²) in [6.07, 6.45) is 0.525. The van der Waals surface area contributed by atoms with Crippen molar-refractivity contribution in [2.75, 3.05) is 26.6 Å². The summed E-state index contributed by atoms with van der Waals surface area (Å²) in [6, 6.07) is 24.4. The number of methoxy groups -OCH3 is 2. The zero-order valence-electron chi connectivity index (χ0n) is 27.6. The van der Waals surface area contributed by atoms with E-state index in [1.165, 1.54) is 11.8 Å². The van der Waals surface area contributed by atoms with Gasteiger partial charge in [-0.3, -0.25) is 14.2 Å². The summed E-state index contributed by atoms with van der Waals surface area (Å²) in [5, 5.41) is 20.7. The molecule has 3 aromatic carbocycles. The molecule has 0 saturated heterocycles. The molecule has 0 unspecified atom stereocenters. The first-order chi connectivity index (χ1) is 23.9. The van der Waals surface area contributed by atoms with E-state index in [4.69, 9.17) is 19.3 Å². The van der Waals surface area contributed by atoms with Crippen LogP contribution in [0.2, 0.25) is 0 Å². The normalized spacial score (nSPS) is 14.0. The zero-order chi connectivity index (χ0) is 34.3. The van der Waals surface area contributed by atoms with Crippen molar-refractivity contribution in [3.63, 3.8) is 0 Å². The van der Waals surface area contributed by atoms with Crippen molar-refractivity contribution in [3.05, 3.63) is 112 Å². The molecule has 49 heavy (non-hydrogen) atoms. The number of aromatic nitrogens is 3. The molecule has 0 saturated carbocycles. The number of amides is 2. The van der Waals surface area contributed by atoms with E-state index in [1.807, 2.05) is 90.5 Å². The van der Waals surface area contributed by atoms with Gasteiger partial charge in [-0.25, -0.2) is 5.01 Å². The molecule has 252 valence electrons. The number of para-hydroxylation sites is 2. The maximum absolute atomic E-state index is 14.1. The number of thiophene rings is 1. The Morgan fingerprint density at radius 1 is 0.959 bits per heavy atom. The smallest absolute Gasteiger partial charge is 0.258 e. The molecule has 1 aliphatic rings. The highest BCUT2D eigenvalue weighted by Crippen LogP contribution is 2.42. The van der Waals surface area contributed by atoms with E-state index in [9.17, 15) is 9.59 Å². The molecule has 1 aliphatic heterocycles. The number of carbonyl (C=O) groups excluding carboxylic acids is 2. The van der Waals surface area contributed by atoms with Crippen molar-refractivity contribution >= 4 is 40.6 Å². The standard InChI is InChI=1S/C36H36N6O5S2/c1-23-11-8-15-28(24(23)2)41-32(20-37-33(43)21-47-25-12-6-5-7-13-25)38-39-36(41)49-22-34(44)42-29(19-27(40-42)31-17-10-18-48-31)26-14-9-16-30(45-3)35(26)46-4/h5-18,29H,19-22H2,1-4H3,(H,37,43)/t29-/m1/s1. The van der Waals surface area contributed by atoms with E-state index < -0.39 is 6.04 Å². The molecule has 0 radical (unpaired) electrons. The number of rotatable bonds is 13. The number of ether oxygens (including phenoxy) is 3. The van der Waals surface area contributed by atoms with Gasteiger partial charge in [0.05, 0.1) is 48.8 Å².